The maximum Gasteiger partial charge on any atom is 0.352 e. The number of halogens is 1. The molecule has 0 atom stereocenters. The summed E-state index contributed by atoms with van der Waals surface area (Å²) in [6.45, 7) is 9.15. The van der Waals surface area contributed by atoms with Crippen molar-refractivity contribution in [1.82, 2.24) is 4.57 Å². The first-order valence-corrected chi connectivity index (χ1v) is 7.78. The summed E-state index contributed by atoms with van der Waals surface area (Å²) in [5.41, 5.74) is 0.943. The van der Waals surface area contributed by atoms with Gasteiger partial charge in [0, 0.05) is 15.8 Å². The number of rotatable bonds is 2. The van der Waals surface area contributed by atoms with Gasteiger partial charge in [-0.25, -0.2) is 4.79 Å². The van der Waals surface area contributed by atoms with Crippen molar-refractivity contribution < 1.29 is 9.90 Å². The Kier molecular flexibility index (Phi) is 3.75. The van der Waals surface area contributed by atoms with E-state index in [0.717, 1.165) is 16.4 Å². The van der Waals surface area contributed by atoms with Crippen molar-refractivity contribution >= 4 is 28.6 Å². The Balaban J connectivity index is 2.38. The smallest absolute Gasteiger partial charge is 0.352 e. The lowest BCUT2D eigenvalue weighted by Gasteiger charge is -2.45. The SMILES string of the molecule is CC1(C)CC(n2cc(I)cc2C(=O)O)CC(C)(C)C1. The molecule has 1 aromatic rings. The van der Waals surface area contributed by atoms with Crippen LogP contribution in [0, 0.1) is 14.4 Å². The number of hydrogen-bond donors (Lipinski definition) is 1. The third-order valence-electron chi connectivity index (χ3n) is 3.96. The van der Waals surface area contributed by atoms with Gasteiger partial charge in [0.15, 0.2) is 0 Å². The van der Waals surface area contributed by atoms with Crippen molar-refractivity contribution in [3.05, 3.63) is 21.5 Å². The van der Waals surface area contributed by atoms with E-state index in [1.807, 2.05) is 10.8 Å². The van der Waals surface area contributed by atoms with Crippen molar-refractivity contribution in [2.24, 2.45) is 10.8 Å². The zero-order chi connectivity index (χ0) is 14.4. The van der Waals surface area contributed by atoms with Crippen molar-refractivity contribution in [3.8, 4) is 0 Å². The number of carbonyl (C=O) groups is 1. The van der Waals surface area contributed by atoms with Crippen LogP contribution < -0.4 is 0 Å². The van der Waals surface area contributed by atoms with E-state index >= 15 is 0 Å². The molecule has 0 unspecified atom stereocenters. The fraction of sp³-hybridized carbons (Fsp3) is 0.667. The maximum atomic E-state index is 11.4. The second-order valence-corrected chi connectivity index (χ2v) is 8.57. The molecule has 0 amide bonds. The maximum absolute atomic E-state index is 11.4. The van der Waals surface area contributed by atoms with E-state index in [1.165, 1.54) is 6.42 Å². The standard InChI is InChI=1S/C15H22INO2/c1-14(2)6-11(7-15(3,4)9-14)17-8-10(16)5-12(17)13(18)19/h5,8,11H,6-7,9H2,1-4H3,(H,18,19). The van der Waals surface area contributed by atoms with Gasteiger partial charge in [0.1, 0.15) is 5.69 Å². The second kappa shape index (κ2) is 4.79. The van der Waals surface area contributed by atoms with Gasteiger partial charge >= 0.3 is 5.97 Å². The second-order valence-electron chi connectivity index (χ2n) is 7.32. The third-order valence-corrected chi connectivity index (χ3v) is 4.55. The van der Waals surface area contributed by atoms with E-state index in [-0.39, 0.29) is 16.9 Å². The molecule has 2 rings (SSSR count). The molecule has 0 saturated heterocycles. The molecule has 1 aromatic heterocycles. The van der Waals surface area contributed by atoms with Gasteiger partial charge in [0.2, 0.25) is 0 Å². The van der Waals surface area contributed by atoms with Crippen molar-refractivity contribution in [3.63, 3.8) is 0 Å². The first-order chi connectivity index (χ1) is 8.60. The Hall–Kier alpha value is -0.520. The number of aromatic carboxylic acids is 1. The minimum atomic E-state index is -0.830. The Morgan fingerprint density at radius 3 is 2.32 bits per heavy atom. The zero-order valence-electron chi connectivity index (χ0n) is 12.0. The van der Waals surface area contributed by atoms with E-state index < -0.39 is 5.97 Å². The molecule has 0 aliphatic heterocycles. The Labute approximate surface area is 128 Å². The lowest BCUT2D eigenvalue weighted by atomic mass is 9.63. The Bertz CT molecular complexity index is 486. The zero-order valence-corrected chi connectivity index (χ0v) is 14.2. The molecular weight excluding hydrogens is 353 g/mol. The quantitative estimate of drug-likeness (QED) is 0.770. The molecule has 1 N–H and O–H groups in total. The average molecular weight is 375 g/mol. The van der Waals surface area contributed by atoms with Gasteiger partial charge in [-0.2, -0.15) is 0 Å². The molecule has 1 aliphatic carbocycles. The summed E-state index contributed by atoms with van der Waals surface area (Å²) < 4.78 is 2.98. The summed E-state index contributed by atoms with van der Waals surface area (Å²) in [4.78, 5) is 11.4. The van der Waals surface area contributed by atoms with Gasteiger partial charge in [0.05, 0.1) is 0 Å². The molecule has 0 bridgehead atoms. The molecule has 0 spiro atoms. The molecule has 3 nitrogen and oxygen atoms in total. The number of carboxylic acids is 1. The fourth-order valence-electron chi connectivity index (χ4n) is 3.90. The molecule has 1 aliphatic rings. The molecule has 4 heteroatoms. The third kappa shape index (κ3) is 3.33. The van der Waals surface area contributed by atoms with Crippen LogP contribution in [-0.2, 0) is 0 Å². The van der Waals surface area contributed by atoms with Gasteiger partial charge < -0.3 is 9.67 Å². The first-order valence-electron chi connectivity index (χ1n) is 6.70. The van der Waals surface area contributed by atoms with Crippen LogP contribution in [0.25, 0.3) is 0 Å². The largest absolute Gasteiger partial charge is 0.477 e. The van der Waals surface area contributed by atoms with E-state index in [0.29, 0.717) is 5.69 Å². The molecule has 0 radical (unpaired) electrons. The number of hydrogen-bond acceptors (Lipinski definition) is 1. The minimum Gasteiger partial charge on any atom is -0.477 e. The summed E-state index contributed by atoms with van der Waals surface area (Å²) in [5.74, 6) is -0.830. The molecule has 1 fully saturated rings. The molecule has 0 aromatic carbocycles. The normalized spacial score (nSPS) is 22.4. The summed E-state index contributed by atoms with van der Waals surface area (Å²) in [6.07, 6.45) is 5.26. The van der Waals surface area contributed by atoms with Gasteiger partial charge in [0.25, 0.3) is 0 Å². The summed E-state index contributed by atoms with van der Waals surface area (Å²) in [7, 11) is 0. The highest BCUT2D eigenvalue weighted by Crippen LogP contribution is 2.50. The van der Waals surface area contributed by atoms with Crippen LogP contribution in [-0.4, -0.2) is 15.6 Å². The summed E-state index contributed by atoms with van der Waals surface area (Å²) in [5, 5.41) is 9.35. The van der Waals surface area contributed by atoms with E-state index in [4.69, 9.17) is 0 Å². The summed E-state index contributed by atoms with van der Waals surface area (Å²) >= 11 is 2.19. The van der Waals surface area contributed by atoms with Crippen LogP contribution in [0.1, 0.15) is 63.5 Å². The lowest BCUT2D eigenvalue weighted by molar-refractivity contribution is 0.0601. The minimum absolute atomic E-state index is 0.262. The lowest BCUT2D eigenvalue weighted by Crippen LogP contribution is -2.35. The highest BCUT2D eigenvalue weighted by Gasteiger charge is 2.39. The van der Waals surface area contributed by atoms with Crippen LogP contribution in [0.4, 0.5) is 0 Å². The molecule has 106 valence electrons. The van der Waals surface area contributed by atoms with E-state index in [1.54, 1.807) is 6.07 Å². The van der Waals surface area contributed by atoms with Crippen LogP contribution in [0.15, 0.2) is 12.3 Å². The molecular formula is C15H22INO2. The fourth-order valence-corrected chi connectivity index (χ4v) is 4.50. The number of aromatic nitrogens is 1. The summed E-state index contributed by atoms with van der Waals surface area (Å²) in [6, 6.07) is 2.05. The van der Waals surface area contributed by atoms with Crippen molar-refractivity contribution in [2.45, 2.75) is 53.0 Å². The van der Waals surface area contributed by atoms with Crippen LogP contribution in [0.2, 0.25) is 0 Å². The highest BCUT2D eigenvalue weighted by atomic mass is 127. The first kappa shape index (κ1) is 14.9. The Morgan fingerprint density at radius 1 is 1.32 bits per heavy atom. The van der Waals surface area contributed by atoms with Crippen LogP contribution in [0.5, 0.6) is 0 Å². The van der Waals surface area contributed by atoms with Crippen molar-refractivity contribution in [2.75, 3.05) is 0 Å². The van der Waals surface area contributed by atoms with Gasteiger partial charge in [-0.05, 0) is 58.7 Å². The van der Waals surface area contributed by atoms with E-state index in [2.05, 4.69) is 50.3 Å². The molecule has 1 heterocycles. The van der Waals surface area contributed by atoms with Crippen LogP contribution in [0.3, 0.4) is 0 Å². The van der Waals surface area contributed by atoms with E-state index in [9.17, 15) is 9.90 Å². The van der Waals surface area contributed by atoms with Gasteiger partial charge in [-0.1, -0.05) is 27.7 Å². The van der Waals surface area contributed by atoms with Crippen LogP contribution >= 0.6 is 22.6 Å². The highest BCUT2D eigenvalue weighted by molar-refractivity contribution is 14.1. The predicted molar refractivity (Wildman–Crippen MR) is 84.6 cm³/mol. The van der Waals surface area contributed by atoms with Gasteiger partial charge in [-0.3, -0.25) is 0 Å². The monoisotopic (exact) mass is 375 g/mol. The number of nitrogens with zero attached hydrogens (tertiary/aromatic N) is 1. The van der Waals surface area contributed by atoms with Crippen molar-refractivity contribution in [1.29, 1.82) is 0 Å². The average Bonchev–Trinajstić information content (AvgIpc) is 2.55. The van der Waals surface area contributed by atoms with Gasteiger partial charge in [-0.15, -0.1) is 0 Å². The predicted octanol–water partition coefficient (Wildman–Crippen LogP) is 4.57. The molecule has 19 heavy (non-hydrogen) atoms. The topological polar surface area (TPSA) is 42.2 Å². The molecule has 1 saturated carbocycles. The number of carboxylic acid groups (broad SMARTS) is 1. The Morgan fingerprint density at radius 2 is 1.84 bits per heavy atom.